The Morgan fingerprint density at radius 3 is 2.06 bits per heavy atom. The highest BCUT2D eigenvalue weighted by Gasteiger charge is 2.84. The van der Waals surface area contributed by atoms with Crippen molar-refractivity contribution < 1.29 is 27.4 Å². The smallest absolute Gasteiger partial charge is 0.268 e. The van der Waals surface area contributed by atoms with E-state index in [2.05, 4.69) is 21.2 Å². The molecule has 2 aromatic carbocycles. The Morgan fingerprint density at radius 1 is 0.971 bits per heavy atom. The van der Waals surface area contributed by atoms with Crippen LogP contribution in [0, 0.1) is 0 Å². The van der Waals surface area contributed by atoms with Gasteiger partial charge in [-0.2, -0.15) is 0 Å². The molecule has 4 fully saturated rings. The molecule has 4 saturated carbocycles. The first kappa shape index (κ1) is 24.2. The first-order valence-corrected chi connectivity index (χ1v) is 12.3. The summed E-state index contributed by atoms with van der Waals surface area (Å²) in [5.74, 6) is -3.03. The molecule has 0 saturated heterocycles. The van der Waals surface area contributed by atoms with Crippen LogP contribution in [0.4, 0.5) is 13.2 Å². The van der Waals surface area contributed by atoms with E-state index in [1.807, 2.05) is 0 Å². The molecule has 2 aromatic rings. The van der Waals surface area contributed by atoms with Crippen molar-refractivity contribution in [2.45, 2.75) is 60.4 Å². The number of alkyl halides is 3. The lowest BCUT2D eigenvalue weighted by atomic mass is 9.46. The number of carbonyl (C=O) groups excluding carboxylic acids is 1. The first-order valence-electron chi connectivity index (χ1n) is 10.7. The van der Waals surface area contributed by atoms with Gasteiger partial charge in [0.05, 0.1) is 10.0 Å². The summed E-state index contributed by atoms with van der Waals surface area (Å²) < 4.78 is 61.1. The highest BCUT2D eigenvalue weighted by Crippen LogP contribution is 2.69. The lowest BCUT2D eigenvalue weighted by Crippen LogP contribution is -2.87. The van der Waals surface area contributed by atoms with Crippen LogP contribution in [0.25, 0.3) is 0 Å². The number of ether oxygens (including phenoxy) is 2. The van der Waals surface area contributed by atoms with Gasteiger partial charge in [0.25, 0.3) is 11.7 Å². The van der Waals surface area contributed by atoms with E-state index in [9.17, 15) is 4.79 Å². The molecule has 0 aromatic heterocycles. The van der Waals surface area contributed by atoms with E-state index >= 15 is 13.2 Å². The van der Waals surface area contributed by atoms with Crippen LogP contribution < -0.4 is 10.1 Å². The van der Waals surface area contributed by atoms with Crippen LogP contribution in [0.15, 0.2) is 46.9 Å². The van der Waals surface area contributed by atoms with Crippen LogP contribution in [-0.4, -0.2) is 41.3 Å². The average Bonchev–Trinajstić information content (AvgIpc) is 2.70. The van der Waals surface area contributed by atoms with Gasteiger partial charge in [0.2, 0.25) is 0 Å². The minimum absolute atomic E-state index is 0.0441. The molecule has 182 valence electrons. The summed E-state index contributed by atoms with van der Waals surface area (Å²) in [5, 5.41) is 2.81. The van der Waals surface area contributed by atoms with Crippen molar-refractivity contribution in [2.24, 2.45) is 0 Å². The molecule has 6 rings (SSSR count). The van der Waals surface area contributed by atoms with Gasteiger partial charge in [0, 0.05) is 49.3 Å². The second-order valence-electron chi connectivity index (χ2n) is 9.67. The van der Waals surface area contributed by atoms with Crippen LogP contribution in [-0.2, 0) is 4.74 Å². The highest BCUT2D eigenvalue weighted by molar-refractivity contribution is 9.10. The molecule has 4 bridgehead atoms. The van der Waals surface area contributed by atoms with Crippen molar-refractivity contribution in [3.8, 4) is 5.75 Å². The topological polar surface area (TPSA) is 47.6 Å². The molecular formula is C24H21BrCl2F3NO3. The van der Waals surface area contributed by atoms with E-state index < -0.39 is 66.3 Å². The lowest BCUT2D eigenvalue weighted by molar-refractivity contribution is -0.370. The maximum atomic E-state index is 16.8. The van der Waals surface area contributed by atoms with Gasteiger partial charge in [-0.15, -0.1) is 0 Å². The molecule has 0 aliphatic heterocycles. The fourth-order valence-corrected chi connectivity index (χ4v) is 7.76. The maximum Gasteiger partial charge on any atom is 0.268 e. The lowest BCUT2D eigenvalue weighted by Gasteiger charge is -2.69. The van der Waals surface area contributed by atoms with Crippen LogP contribution in [0.1, 0.15) is 42.5 Å². The monoisotopic (exact) mass is 577 g/mol. The van der Waals surface area contributed by atoms with Gasteiger partial charge < -0.3 is 14.8 Å². The second kappa shape index (κ2) is 7.76. The van der Waals surface area contributed by atoms with Crippen molar-refractivity contribution in [1.29, 1.82) is 0 Å². The molecule has 1 N–H and O–H groups in total. The Morgan fingerprint density at radius 2 is 1.53 bits per heavy atom. The molecule has 0 spiro atoms. The summed E-state index contributed by atoms with van der Waals surface area (Å²) in [7, 11) is 1.19. The summed E-state index contributed by atoms with van der Waals surface area (Å²) in [4.78, 5) is 13.2. The van der Waals surface area contributed by atoms with Gasteiger partial charge in [0.15, 0.2) is 11.4 Å². The molecular weight excluding hydrogens is 558 g/mol. The fourth-order valence-electron chi connectivity index (χ4n) is 6.48. The van der Waals surface area contributed by atoms with Crippen molar-refractivity contribution in [2.75, 3.05) is 7.11 Å². The zero-order valence-electron chi connectivity index (χ0n) is 18.1. The molecule has 1 amide bonds. The van der Waals surface area contributed by atoms with Gasteiger partial charge >= 0.3 is 0 Å². The van der Waals surface area contributed by atoms with Gasteiger partial charge in [-0.1, -0.05) is 57.3 Å². The quantitative estimate of drug-likeness (QED) is 0.399. The second-order valence-corrected chi connectivity index (χ2v) is 11.4. The summed E-state index contributed by atoms with van der Waals surface area (Å²) in [6.07, 6.45) is -2.53. The molecule has 4 aliphatic rings. The molecule has 4 aliphatic carbocycles. The van der Waals surface area contributed by atoms with Crippen molar-refractivity contribution in [3.63, 3.8) is 0 Å². The molecule has 3 atom stereocenters. The Labute approximate surface area is 213 Å². The molecule has 10 heteroatoms. The number of hydrogen-bond donors (Lipinski definition) is 1. The van der Waals surface area contributed by atoms with Crippen LogP contribution >= 0.6 is 39.1 Å². The predicted octanol–water partition coefficient (Wildman–Crippen LogP) is 6.76. The minimum Gasteiger partial charge on any atom is -0.453 e. The molecule has 3 unspecified atom stereocenters. The van der Waals surface area contributed by atoms with E-state index in [0.717, 1.165) is 0 Å². The number of rotatable bonds is 5. The third kappa shape index (κ3) is 3.47. The summed E-state index contributed by atoms with van der Waals surface area (Å²) in [6, 6.07) is 11.1. The zero-order chi connectivity index (χ0) is 24.6. The van der Waals surface area contributed by atoms with E-state index in [1.165, 1.54) is 19.2 Å². The third-order valence-electron chi connectivity index (χ3n) is 7.17. The number of benzene rings is 2. The number of halogens is 6. The van der Waals surface area contributed by atoms with Gasteiger partial charge in [-0.25, -0.2) is 13.2 Å². The van der Waals surface area contributed by atoms with Crippen molar-refractivity contribution in [1.82, 2.24) is 5.32 Å². The van der Waals surface area contributed by atoms with Crippen LogP contribution in [0.5, 0.6) is 5.75 Å². The number of carbonyl (C=O) groups is 1. The summed E-state index contributed by atoms with van der Waals surface area (Å²) in [6.45, 7) is 0. The Bertz CT molecular complexity index is 1130. The molecule has 34 heavy (non-hydrogen) atoms. The van der Waals surface area contributed by atoms with E-state index in [1.54, 1.807) is 30.3 Å². The van der Waals surface area contributed by atoms with Gasteiger partial charge in [0.1, 0.15) is 16.9 Å². The van der Waals surface area contributed by atoms with Crippen molar-refractivity contribution >= 4 is 45.0 Å². The van der Waals surface area contributed by atoms with E-state index in [4.69, 9.17) is 32.7 Å². The number of nitrogens with one attached hydrogen (secondary N) is 1. The molecule has 0 radical (unpaired) electrons. The molecule has 0 heterocycles. The predicted molar refractivity (Wildman–Crippen MR) is 126 cm³/mol. The van der Waals surface area contributed by atoms with Crippen molar-refractivity contribution in [3.05, 3.63) is 62.5 Å². The normalized spacial score (nSPS) is 38.1. The maximum absolute atomic E-state index is 16.8. The Kier molecular flexibility index (Phi) is 5.53. The number of hydrogen-bond acceptors (Lipinski definition) is 3. The zero-order valence-corrected chi connectivity index (χ0v) is 21.2. The number of amides is 1. The number of methoxy groups -OCH3 is 1. The average molecular weight is 579 g/mol. The minimum atomic E-state index is -2.62. The summed E-state index contributed by atoms with van der Waals surface area (Å²) in [5.41, 5.74) is -8.65. The Balaban J connectivity index is 1.68. The Hall–Kier alpha value is -1.48. The summed E-state index contributed by atoms with van der Waals surface area (Å²) >= 11 is 16.0. The SMILES string of the molecule is COC1(Oc2c(Cl)cc(Br)cc2Cl)C2(F)CC3(F)CC(F)(C2)CC1(NC(=O)c1ccccc1)C3. The van der Waals surface area contributed by atoms with E-state index in [-0.39, 0.29) is 21.4 Å². The van der Waals surface area contributed by atoms with Crippen LogP contribution in [0.3, 0.4) is 0 Å². The van der Waals surface area contributed by atoms with Gasteiger partial charge in [-0.05, 0) is 24.3 Å². The third-order valence-corrected chi connectivity index (χ3v) is 8.19. The van der Waals surface area contributed by atoms with Gasteiger partial charge in [-0.3, -0.25) is 4.79 Å². The first-order chi connectivity index (χ1) is 15.9. The standard InChI is InChI=1S/C24H21BrCl2F3NO3/c1-33-24(34-18-16(26)7-15(25)8-17(18)27)22(30)10-20(28)9-21(29,11-22)13-23(24,12-20)31-19(32)14-5-3-2-4-6-14/h2-8H,9-13H2,1H3,(H,31,32). The highest BCUT2D eigenvalue weighted by atomic mass is 79.9. The largest absolute Gasteiger partial charge is 0.453 e. The van der Waals surface area contributed by atoms with Crippen LogP contribution in [0.2, 0.25) is 10.0 Å². The molecule has 4 nitrogen and oxygen atoms in total. The fraction of sp³-hybridized carbons (Fsp3) is 0.458. The van der Waals surface area contributed by atoms with E-state index in [0.29, 0.717) is 4.47 Å².